The van der Waals surface area contributed by atoms with Crippen molar-refractivity contribution >= 4 is 23.6 Å². The van der Waals surface area contributed by atoms with Gasteiger partial charge in [0.15, 0.2) is 0 Å². The number of pyridine rings is 1. The molecule has 0 unspecified atom stereocenters. The maximum Gasteiger partial charge on any atom is 0.412 e. The number of rotatable bonds is 20. The summed E-state index contributed by atoms with van der Waals surface area (Å²) in [6.45, 7) is 7.31. The zero-order valence-corrected chi connectivity index (χ0v) is 32.6. The van der Waals surface area contributed by atoms with Gasteiger partial charge in [-0.3, -0.25) is 4.98 Å². The lowest BCUT2D eigenvalue weighted by atomic mass is 9.56. The number of amides is 1. The van der Waals surface area contributed by atoms with Crippen molar-refractivity contribution in [3.05, 3.63) is 114 Å². The standard InChI is InChI=1S/C44H55N3O7S/c1-3-25-51-44-40(55-26-20-31-18-21-45-22-19-31)29-38(47-52-4-2)36-27-33(14-8-10-23-48)35(15-9-11-24-49)41(42(36)44)37-28-34(16-17-39(37)54-44)53-43(50)46-30-32-12-6-5-7-13-32/h3,5-7,12-13,16-19,21-22,27-28,33,35,40-42,48-49H,1,4,8-11,14-15,20,23-26,29-30H2,2H3,(H,46,50)/t33-,35+,40-,41+,42+,44+/m0/s1. The Morgan fingerprint density at radius 3 is 2.58 bits per heavy atom. The van der Waals surface area contributed by atoms with E-state index in [1.165, 1.54) is 5.56 Å². The molecule has 3 N–H and O–H groups in total. The number of hydrogen-bond acceptors (Lipinski definition) is 10. The minimum Gasteiger partial charge on any atom is -0.460 e. The van der Waals surface area contributed by atoms with Crippen LogP contribution in [0.1, 0.15) is 74.5 Å². The molecule has 6 rings (SSSR count). The molecule has 294 valence electrons. The molecule has 6 atom stereocenters. The molecule has 1 aromatic heterocycles. The minimum atomic E-state index is -1.06. The predicted molar refractivity (Wildman–Crippen MR) is 216 cm³/mol. The van der Waals surface area contributed by atoms with Crippen molar-refractivity contribution in [3.8, 4) is 11.5 Å². The molecule has 0 spiro atoms. The maximum absolute atomic E-state index is 13.1. The van der Waals surface area contributed by atoms with E-state index in [0.717, 1.165) is 66.7 Å². The van der Waals surface area contributed by atoms with Crippen LogP contribution in [0, 0.1) is 17.8 Å². The van der Waals surface area contributed by atoms with Gasteiger partial charge >= 0.3 is 6.09 Å². The average Bonchev–Trinajstić information content (AvgIpc) is 3.21. The molecule has 2 aromatic carbocycles. The number of allylic oxidation sites excluding steroid dienone is 1. The van der Waals surface area contributed by atoms with Gasteiger partial charge in [-0.25, -0.2) is 4.79 Å². The number of aliphatic hydroxyl groups excluding tert-OH is 2. The number of aromatic nitrogens is 1. The highest BCUT2D eigenvalue weighted by atomic mass is 32.2. The quantitative estimate of drug-likeness (QED) is 0.0595. The number of carbonyl (C=O) groups excluding carboxylic acids is 1. The van der Waals surface area contributed by atoms with Crippen LogP contribution in [0.5, 0.6) is 11.5 Å². The Labute approximate surface area is 329 Å². The van der Waals surface area contributed by atoms with Crippen LogP contribution in [-0.2, 0) is 22.5 Å². The Bertz CT molecular complexity index is 1760. The normalized spacial score (nSPS) is 24.5. The number of unbranched alkanes of at least 4 members (excludes halogenated alkanes) is 2. The summed E-state index contributed by atoms with van der Waals surface area (Å²) in [6, 6.07) is 19.5. The topological polar surface area (TPSA) is 132 Å². The van der Waals surface area contributed by atoms with Crippen LogP contribution in [-0.4, -0.2) is 70.2 Å². The summed E-state index contributed by atoms with van der Waals surface area (Å²) >= 11 is 1.83. The predicted octanol–water partition coefficient (Wildman–Crippen LogP) is 8.00. The number of fused-ring (bicyclic) bond motifs is 2. The Balaban J connectivity index is 1.44. The number of carbonyl (C=O) groups is 1. The van der Waals surface area contributed by atoms with E-state index in [4.69, 9.17) is 24.2 Å². The lowest BCUT2D eigenvalue weighted by molar-refractivity contribution is -0.223. The summed E-state index contributed by atoms with van der Waals surface area (Å²) in [6.07, 6.45) is 13.6. The van der Waals surface area contributed by atoms with Crippen molar-refractivity contribution in [2.24, 2.45) is 22.9 Å². The van der Waals surface area contributed by atoms with Gasteiger partial charge in [0.05, 0.1) is 23.5 Å². The zero-order chi connectivity index (χ0) is 38.5. The smallest absolute Gasteiger partial charge is 0.412 e. The summed E-state index contributed by atoms with van der Waals surface area (Å²) in [4.78, 5) is 23.1. The van der Waals surface area contributed by atoms with Crippen molar-refractivity contribution < 1.29 is 34.1 Å². The molecule has 1 saturated carbocycles. The largest absolute Gasteiger partial charge is 0.460 e. The fourth-order valence-electron chi connectivity index (χ4n) is 8.46. The van der Waals surface area contributed by atoms with Crippen LogP contribution >= 0.6 is 11.8 Å². The van der Waals surface area contributed by atoms with E-state index in [-0.39, 0.29) is 42.1 Å². The lowest BCUT2D eigenvalue weighted by Crippen LogP contribution is -2.64. The Morgan fingerprint density at radius 2 is 1.84 bits per heavy atom. The van der Waals surface area contributed by atoms with Crippen LogP contribution in [0.25, 0.3) is 0 Å². The second-order valence-electron chi connectivity index (χ2n) is 14.4. The number of benzene rings is 2. The van der Waals surface area contributed by atoms with Crippen molar-refractivity contribution in [3.63, 3.8) is 0 Å². The molecular formula is C44H55N3O7S. The molecule has 11 heteroatoms. The van der Waals surface area contributed by atoms with Gasteiger partial charge in [-0.1, -0.05) is 60.5 Å². The Hall–Kier alpha value is -4.16. The van der Waals surface area contributed by atoms with Gasteiger partial charge in [-0.15, -0.1) is 6.58 Å². The van der Waals surface area contributed by atoms with Crippen LogP contribution < -0.4 is 14.8 Å². The third-order valence-corrected chi connectivity index (χ3v) is 12.2. The minimum absolute atomic E-state index is 0.0993. The van der Waals surface area contributed by atoms with E-state index in [1.54, 1.807) is 12.1 Å². The molecule has 3 aromatic rings. The molecule has 0 saturated heterocycles. The summed E-state index contributed by atoms with van der Waals surface area (Å²) in [7, 11) is 0. The van der Waals surface area contributed by atoms with Gasteiger partial charge in [-0.05, 0) is 104 Å². The van der Waals surface area contributed by atoms with Crippen LogP contribution in [0.2, 0.25) is 0 Å². The molecular weight excluding hydrogens is 715 g/mol. The SMILES string of the molecule is C=CCO[C@@]12Oc3ccc(OC(=O)NCc4ccccc4)cc3[C@H]3[C@H](CCCCO)[C@@H](CCCCO)C=C(C(=NOCC)C[C@@H]1SCCc1ccncc1)[C@H]32. The second kappa shape index (κ2) is 20.1. The van der Waals surface area contributed by atoms with Crippen molar-refractivity contribution in [2.75, 3.05) is 32.2 Å². The van der Waals surface area contributed by atoms with Crippen molar-refractivity contribution in [1.29, 1.82) is 0 Å². The number of hydrogen-bond donors (Lipinski definition) is 3. The summed E-state index contributed by atoms with van der Waals surface area (Å²) in [5, 5.41) is 27.1. The first-order valence-electron chi connectivity index (χ1n) is 19.7. The molecule has 1 amide bonds. The monoisotopic (exact) mass is 769 g/mol. The van der Waals surface area contributed by atoms with Crippen LogP contribution in [0.3, 0.4) is 0 Å². The first kappa shape index (κ1) is 40.5. The fourth-order valence-corrected chi connectivity index (χ4v) is 9.87. The van der Waals surface area contributed by atoms with Crippen molar-refractivity contribution in [1.82, 2.24) is 10.3 Å². The zero-order valence-electron chi connectivity index (χ0n) is 31.8. The van der Waals surface area contributed by atoms with Gasteiger partial charge in [0.25, 0.3) is 0 Å². The Kier molecular flexibility index (Phi) is 14.8. The highest BCUT2D eigenvalue weighted by Crippen LogP contribution is 2.62. The first-order valence-corrected chi connectivity index (χ1v) is 20.8. The maximum atomic E-state index is 13.1. The number of thioether (sulfide) groups is 1. The number of nitrogens with one attached hydrogen (secondary N) is 1. The molecule has 1 aliphatic heterocycles. The molecule has 2 aliphatic carbocycles. The average molecular weight is 770 g/mol. The lowest BCUT2D eigenvalue weighted by Gasteiger charge is -2.58. The van der Waals surface area contributed by atoms with Gasteiger partial charge in [-0.2, -0.15) is 11.8 Å². The molecule has 0 radical (unpaired) electrons. The van der Waals surface area contributed by atoms with E-state index in [2.05, 4.69) is 23.0 Å². The molecule has 10 nitrogen and oxygen atoms in total. The van der Waals surface area contributed by atoms with E-state index in [1.807, 2.05) is 85.7 Å². The number of nitrogens with zero attached hydrogens (tertiary/aromatic N) is 2. The van der Waals surface area contributed by atoms with E-state index >= 15 is 0 Å². The Morgan fingerprint density at radius 1 is 1.05 bits per heavy atom. The number of oxime groups is 1. The highest BCUT2D eigenvalue weighted by molar-refractivity contribution is 8.00. The third-order valence-electron chi connectivity index (χ3n) is 10.9. The molecule has 55 heavy (non-hydrogen) atoms. The number of aliphatic hydroxyl groups is 2. The summed E-state index contributed by atoms with van der Waals surface area (Å²) < 4.78 is 20.1. The van der Waals surface area contributed by atoms with Gasteiger partial charge in [0.2, 0.25) is 5.79 Å². The number of ether oxygens (including phenoxy) is 3. The number of aryl methyl sites for hydroxylation is 1. The first-order chi connectivity index (χ1) is 27.0. The van der Waals surface area contributed by atoms with Crippen LogP contribution in [0.4, 0.5) is 4.79 Å². The van der Waals surface area contributed by atoms with Gasteiger partial charge in [0, 0.05) is 50.1 Å². The third kappa shape index (κ3) is 9.81. The van der Waals surface area contributed by atoms with Gasteiger partial charge in [0.1, 0.15) is 18.1 Å². The van der Waals surface area contributed by atoms with E-state index < -0.39 is 11.9 Å². The second-order valence-corrected chi connectivity index (χ2v) is 15.7. The van der Waals surface area contributed by atoms with E-state index in [0.29, 0.717) is 44.1 Å². The molecule has 1 fully saturated rings. The van der Waals surface area contributed by atoms with Crippen LogP contribution in [0.15, 0.2) is 103 Å². The van der Waals surface area contributed by atoms with Gasteiger partial charge < -0.3 is 34.6 Å². The molecule has 3 aliphatic rings. The summed E-state index contributed by atoms with van der Waals surface area (Å²) in [5.41, 5.74) is 5.11. The molecule has 2 heterocycles. The van der Waals surface area contributed by atoms with E-state index in [9.17, 15) is 15.0 Å². The highest BCUT2D eigenvalue weighted by Gasteiger charge is 2.64. The summed E-state index contributed by atoms with van der Waals surface area (Å²) in [5.74, 6) is 0.838. The fraction of sp³-hybridized carbons (Fsp3) is 0.477. The van der Waals surface area contributed by atoms with Crippen molar-refractivity contribution in [2.45, 2.75) is 81.8 Å². The molecule has 0 bridgehead atoms.